The van der Waals surface area contributed by atoms with Gasteiger partial charge in [0.2, 0.25) is 5.04 Å². The topological polar surface area (TPSA) is 124 Å². The highest BCUT2D eigenvalue weighted by Gasteiger charge is 2.20. The molecule has 0 unspecified atom stereocenters. The Morgan fingerprint density at radius 2 is 2.27 bits per heavy atom. The highest BCUT2D eigenvalue weighted by Crippen LogP contribution is 2.30. The molecule has 2 rings (SSSR count). The zero-order chi connectivity index (χ0) is 19.3. The van der Waals surface area contributed by atoms with Crippen LogP contribution in [0.2, 0.25) is 0 Å². The molecule has 0 bridgehead atoms. The summed E-state index contributed by atoms with van der Waals surface area (Å²) >= 11 is 1.22. The van der Waals surface area contributed by atoms with E-state index in [1.165, 1.54) is 18.0 Å². The van der Waals surface area contributed by atoms with Gasteiger partial charge in [-0.25, -0.2) is 9.98 Å². The van der Waals surface area contributed by atoms with Gasteiger partial charge in [-0.3, -0.25) is 5.41 Å². The number of likely N-dealkylation sites (N-methyl/N-ethyl adjacent to an activating group) is 2. The van der Waals surface area contributed by atoms with E-state index >= 15 is 0 Å². The first kappa shape index (κ1) is 19.7. The first-order chi connectivity index (χ1) is 12.3. The molecule has 8 nitrogen and oxygen atoms in total. The summed E-state index contributed by atoms with van der Waals surface area (Å²) in [5.74, 6) is 0.535. The van der Waals surface area contributed by atoms with Crippen molar-refractivity contribution < 1.29 is 10.7 Å². The standard InChI is InChI=1S/C17H24N8S/c1-11(19)26-17(20)23-16-6-5-15-14(22-16)7-12(10-24(15)3)25(4)13(8-18)9-21-2/h5-9,18-19,21H,10H2,1-4H3,(H2,20,22,23)/p+2/b13-9+,18-8?,19-11?. The summed E-state index contributed by atoms with van der Waals surface area (Å²) < 4.78 is 0. The van der Waals surface area contributed by atoms with E-state index in [4.69, 9.17) is 16.6 Å². The number of rotatable bonds is 5. The van der Waals surface area contributed by atoms with Crippen molar-refractivity contribution in [3.63, 3.8) is 0 Å². The molecule has 26 heavy (non-hydrogen) atoms. The smallest absolute Gasteiger partial charge is 0.211 e. The second-order valence-electron chi connectivity index (χ2n) is 5.86. The first-order valence-corrected chi connectivity index (χ1v) is 8.95. The van der Waals surface area contributed by atoms with Crippen LogP contribution in [0, 0.1) is 5.41 Å². The number of hydrogen-bond donors (Lipinski definition) is 4. The molecule has 0 fully saturated rings. The number of nitrogens with one attached hydrogen (secondary N) is 1. The molecule has 0 spiro atoms. The summed E-state index contributed by atoms with van der Waals surface area (Å²) in [4.78, 5) is 13.0. The fourth-order valence-corrected chi connectivity index (χ4v) is 3.05. The lowest BCUT2D eigenvalue weighted by Crippen LogP contribution is -2.73. The molecule has 138 valence electrons. The monoisotopic (exact) mass is 374 g/mol. The SMILES string of the molecule is C[NH2+]/C=C(\C=N)N(C)C1=Cc2nc(N=C(N)SC(C)=[NH2+])ccc2N(C)C1. The first-order valence-electron chi connectivity index (χ1n) is 8.13. The number of amidine groups is 1. The predicted octanol–water partition coefficient (Wildman–Crippen LogP) is -0.655. The van der Waals surface area contributed by atoms with Crippen LogP contribution in [0.4, 0.5) is 11.5 Å². The zero-order valence-electron chi connectivity index (χ0n) is 15.5. The Morgan fingerprint density at radius 3 is 2.88 bits per heavy atom. The van der Waals surface area contributed by atoms with Gasteiger partial charge in [-0.2, -0.15) is 0 Å². The Balaban J connectivity index is 2.38. The highest BCUT2D eigenvalue weighted by atomic mass is 32.2. The lowest BCUT2D eigenvalue weighted by atomic mass is 10.1. The predicted molar refractivity (Wildman–Crippen MR) is 109 cm³/mol. The Bertz CT molecular complexity index is 796. The number of nitrogens with two attached hydrogens (primary N) is 3. The Morgan fingerprint density at radius 1 is 1.54 bits per heavy atom. The van der Waals surface area contributed by atoms with Crippen molar-refractivity contribution in [1.29, 1.82) is 5.41 Å². The molecular formula is C17H26N8S+2. The van der Waals surface area contributed by atoms with Gasteiger partial charge in [0.25, 0.3) is 0 Å². The lowest BCUT2D eigenvalue weighted by molar-refractivity contribution is -0.557. The van der Waals surface area contributed by atoms with Crippen molar-refractivity contribution in [3.8, 4) is 0 Å². The molecule has 0 aromatic carbocycles. The summed E-state index contributed by atoms with van der Waals surface area (Å²) in [6.45, 7) is 2.50. The van der Waals surface area contributed by atoms with Crippen LogP contribution in [0.15, 0.2) is 34.7 Å². The van der Waals surface area contributed by atoms with E-state index in [2.05, 4.69) is 14.9 Å². The van der Waals surface area contributed by atoms with Gasteiger partial charge in [0.05, 0.1) is 25.0 Å². The molecule has 1 aromatic heterocycles. The largest absolute Gasteiger partial charge is 0.378 e. The van der Waals surface area contributed by atoms with Crippen LogP contribution >= 0.6 is 11.8 Å². The number of aliphatic imine (C=N–C) groups is 1. The highest BCUT2D eigenvalue weighted by molar-refractivity contribution is 8.26. The second-order valence-corrected chi connectivity index (χ2v) is 7.12. The number of thioether (sulfide) groups is 1. The van der Waals surface area contributed by atoms with Crippen LogP contribution < -0.4 is 21.4 Å². The Kier molecular flexibility index (Phi) is 6.53. The second kappa shape index (κ2) is 8.63. The molecule has 0 radical (unpaired) electrons. The van der Waals surface area contributed by atoms with E-state index in [-0.39, 0.29) is 0 Å². The van der Waals surface area contributed by atoms with Crippen molar-refractivity contribution in [2.45, 2.75) is 6.92 Å². The molecule has 7 N–H and O–H groups in total. The van der Waals surface area contributed by atoms with E-state index in [0.717, 1.165) is 29.3 Å². The summed E-state index contributed by atoms with van der Waals surface area (Å²) in [5.41, 5.74) is 9.57. The summed E-state index contributed by atoms with van der Waals surface area (Å²) in [7, 11) is 5.89. The van der Waals surface area contributed by atoms with E-state index < -0.39 is 0 Å². The van der Waals surface area contributed by atoms with E-state index in [1.54, 1.807) is 6.92 Å². The molecule has 0 saturated carbocycles. The van der Waals surface area contributed by atoms with Gasteiger partial charge in [0.1, 0.15) is 11.9 Å². The average Bonchev–Trinajstić information content (AvgIpc) is 2.57. The van der Waals surface area contributed by atoms with Crippen molar-refractivity contribution in [2.24, 2.45) is 10.7 Å². The van der Waals surface area contributed by atoms with E-state index in [9.17, 15) is 0 Å². The Hall–Kier alpha value is -2.65. The fraction of sp³-hybridized carbons (Fsp3) is 0.294. The maximum absolute atomic E-state index is 7.62. The van der Waals surface area contributed by atoms with Crippen LogP contribution in [0.3, 0.4) is 0 Å². The minimum absolute atomic E-state index is 0.357. The van der Waals surface area contributed by atoms with Gasteiger partial charge in [-0.15, -0.1) is 0 Å². The maximum Gasteiger partial charge on any atom is 0.211 e. The zero-order valence-corrected chi connectivity index (χ0v) is 16.3. The number of hydrogen-bond acceptors (Lipinski definition) is 6. The molecular weight excluding hydrogens is 348 g/mol. The van der Waals surface area contributed by atoms with Crippen LogP contribution in [0.25, 0.3) is 6.08 Å². The molecule has 0 aliphatic carbocycles. The summed E-state index contributed by atoms with van der Waals surface area (Å²) in [6, 6.07) is 3.82. The molecule has 0 saturated heterocycles. The van der Waals surface area contributed by atoms with Gasteiger partial charge in [0.15, 0.2) is 11.0 Å². The number of pyridine rings is 1. The molecule has 1 aromatic rings. The minimum atomic E-state index is 0.357. The van der Waals surface area contributed by atoms with Crippen molar-refractivity contribution in [2.75, 3.05) is 32.6 Å². The number of nitrogens with zero attached hydrogens (tertiary/aromatic N) is 4. The fourth-order valence-electron chi connectivity index (χ4n) is 2.58. The van der Waals surface area contributed by atoms with Gasteiger partial charge in [-0.05, 0) is 18.2 Å². The maximum atomic E-state index is 7.62. The molecule has 1 aliphatic heterocycles. The number of allylic oxidation sites excluding steroid dienone is 1. The van der Waals surface area contributed by atoms with Crippen LogP contribution in [0.5, 0.6) is 0 Å². The quantitative estimate of drug-likeness (QED) is 0.403. The molecule has 1 aliphatic rings. The van der Waals surface area contributed by atoms with Gasteiger partial charge < -0.3 is 26.3 Å². The Labute approximate surface area is 157 Å². The molecule has 0 amide bonds. The van der Waals surface area contributed by atoms with Crippen LogP contribution in [-0.2, 0) is 0 Å². The van der Waals surface area contributed by atoms with Gasteiger partial charge in [0, 0.05) is 44.7 Å². The van der Waals surface area contributed by atoms with Crippen molar-refractivity contribution in [3.05, 3.63) is 35.4 Å². The third kappa shape index (κ3) is 4.70. The summed E-state index contributed by atoms with van der Waals surface area (Å²) in [6.07, 6.45) is 5.26. The van der Waals surface area contributed by atoms with Gasteiger partial charge in [-0.1, -0.05) is 0 Å². The van der Waals surface area contributed by atoms with E-state index in [0.29, 0.717) is 16.0 Å². The lowest BCUT2D eigenvalue weighted by Gasteiger charge is -2.32. The van der Waals surface area contributed by atoms with Crippen molar-refractivity contribution in [1.82, 2.24) is 9.88 Å². The number of anilines is 1. The average molecular weight is 375 g/mol. The number of aromatic nitrogens is 1. The molecule has 9 heteroatoms. The van der Waals surface area contributed by atoms with Crippen LogP contribution in [0.1, 0.15) is 12.6 Å². The van der Waals surface area contributed by atoms with E-state index in [1.807, 2.05) is 55.8 Å². The number of quaternary nitrogens is 1. The molecule has 2 heterocycles. The third-order valence-electron chi connectivity index (χ3n) is 3.80. The summed E-state index contributed by atoms with van der Waals surface area (Å²) in [5, 5.41) is 16.2. The number of fused-ring (bicyclic) bond motifs is 1. The van der Waals surface area contributed by atoms with Crippen molar-refractivity contribution >= 4 is 45.8 Å². The van der Waals surface area contributed by atoms with Crippen LogP contribution in [-0.4, -0.2) is 54.0 Å². The minimum Gasteiger partial charge on any atom is -0.378 e. The normalized spacial score (nSPS) is 14.6. The third-order valence-corrected chi connectivity index (χ3v) is 4.42. The molecule has 0 atom stereocenters. The van der Waals surface area contributed by atoms with Gasteiger partial charge >= 0.3 is 0 Å².